The molecule has 0 spiro atoms. The Bertz CT molecular complexity index is 329. The molecule has 0 saturated heterocycles. The smallest absolute Gasteiger partial charge is 0.376 e. The number of hydrogen-bond donors (Lipinski definition) is 1. The molecule has 0 fully saturated rings. The van der Waals surface area contributed by atoms with Crippen molar-refractivity contribution in [1.29, 1.82) is 0 Å². The predicted molar refractivity (Wildman–Crippen MR) is 61.3 cm³/mol. The minimum atomic E-state index is -3.44. The summed E-state index contributed by atoms with van der Waals surface area (Å²) in [4.78, 5) is 9.53. The maximum atomic E-state index is 11.6. The maximum absolute atomic E-state index is 11.6. The molecule has 0 saturated carbocycles. The average Bonchev–Trinajstić information content (AvgIpc) is 2.18. The van der Waals surface area contributed by atoms with Crippen molar-refractivity contribution in [3.63, 3.8) is 0 Å². The van der Waals surface area contributed by atoms with Crippen LogP contribution >= 0.6 is 7.60 Å². The zero-order valence-corrected chi connectivity index (χ0v) is 11.2. The van der Waals surface area contributed by atoms with E-state index in [9.17, 15) is 9.46 Å². The van der Waals surface area contributed by atoms with Crippen LogP contribution in [0.5, 0.6) is 5.75 Å². The second-order valence-electron chi connectivity index (χ2n) is 3.47. The minimum Gasteiger partial charge on any atom is -0.424 e. The van der Waals surface area contributed by atoms with Gasteiger partial charge in [-0.1, -0.05) is 38.0 Å². The first kappa shape index (κ1) is 15.7. The van der Waals surface area contributed by atoms with Gasteiger partial charge in [0.05, 0.1) is 6.16 Å². The largest absolute Gasteiger partial charge is 0.424 e. The van der Waals surface area contributed by atoms with Crippen molar-refractivity contribution in [3.8, 4) is 5.75 Å². The second-order valence-corrected chi connectivity index (χ2v) is 5.38. The molecule has 1 N–H and O–H groups in total. The summed E-state index contributed by atoms with van der Waals surface area (Å²) in [5.74, 6) is 0.458. The second kappa shape index (κ2) is 7.90. The van der Waals surface area contributed by atoms with Gasteiger partial charge in [0.15, 0.2) is 0 Å². The number of para-hydroxylation sites is 1. The number of unbranched alkanes of at least 4 members (excludes halogenated alkanes) is 2. The van der Waals surface area contributed by atoms with Gasteiger partial charge in [-0.05, 0) is 18.6 Å². The fourth-order valence-electron chi connectivity index (χ4n) is 1.25. The first-order valence-corrected chi connectivity index (χ1v) is 6.97. The maximum Gasteiger partial charge on any atom is 0.376 e. The quantitative estimate of drug-likeness (QED) is 0.644. The fraction of sp³-hybridized carbons (Fsp3) is 0.455. The monoisotopic (exact) mass is 287 g/mol. The Labute approximate surface area is 107 Å². The van der Waals surface area contributed by atoms with Crippen molar-refractivity contribution in [1.82, 2.24) is 0 Å². The average molecular weight is 287 g/mol. The van der Waals surface area contributed by atoms with Crippen molar-refractivity contribution in [2.45, 2.75) is 26.2 Å². The Morgan fingerprint density at radius 3 is 2.44 bits per heavy atom. The molecular formula is C11H17CoO3P. The zero-order valence-electron chi connectivity index (χ0n) is 9.26. The van der Waals surface area contributed by atoms with Crippen LogP contribution in [0.1, 0.15) is 26.2 Å². The van der Waals surface area contributed by atoms with Crippen LogP contribution in [-0.2, 0) is 21.3 Å². The summed E-state index contributed by atoms with van der Waals surface area (Å²) < 4.78 is 16.7. The molecule has 1 aromatic rings. The van der Waals surface area contributed by atoms with Crippen LogP contribution in [0, 0.1) is 0 Å². The van der Waals surface area contributed by atoms with E-state index < -0.39 is 7.60 Å². The Morgan fingerprint density at radius 1 is 1.25 bits per heavy atom. The van der Waals surface area contributed by atoms with Crippen LogP contribution in [0.25, 0.3) is 0 Å². The van der Waals surface area contributed by atoms with E-state index in [0.29, 0.717) is 5.75 Å². The molecule has 1 atom stereocenters. The molecule has 1 unspecified atom stereocenters. The summed E-state index contributed by atoms with van der Waals surface area (Å²) in [7, 11) is -3.44. The van der Waals surface area contributed by atoms with Gasteiger partial charge in [0.2, 0.25) is 0 Å². The third-order valence-corrected chi connectivity index (χ3v) is 3.41. The van der Waals surface area contributed by atoms with Crippen molar-refractivity contribution < 1.29 is 30.8 Å². The first-order valence-electron chi connectivity index (χ1n) is 5.20. The van der Waals surface area contributed by atoms with Crippen LogP contribution in [0.2, 0.25) is 0 Å². The van der Waals surface area contributed by atoms with E-state index >= 15 is 0 Å². The van der Waals surface area contributed by atoms with Gasteiger partial charge < -0.3 is 9.42 Å². The summed E-state index contributed by atoms with van der Waals surface area (Å²) in [5, 5.41) is 0. The molecule has 3 nitrogen and oxygen atoms in total. The number of rotatable bonds is 6. The van der Waals surface area contributed by atoms with Crippen LogP contribution in [-0.4, -0.2) is 11.1 Å². The first-order chi connectivity index (χ1) is 7.14. The van der Waals surface area contributed by atoms with Gasteiger partial charge in [0.1, 0.15) is 5.75 Å². The summed E-state index contributed by atoms with van der Waals surface area (Å²) in [6.45, 7) is 2.06. The normalized spacial score (nSPS) is 13.6. The zero-order chi connectivity index (χ0) is 11.1. The molecule has 0 amide bonds. The topological polar surface area (TPSA) is 46.5 Å². The molecule has 1 radical (unpaired) electrons. The Morgan fingerprint density at radius 2 is 1.88 bits per heavy atom. The molecule has 0 aliphatic rings. The number of benzene rings is 1. The molecule has 93 valence electrons. The minimum absolute atomic E-state index is 0. The van der Waals surface area contributed by atoms with Crippen LogP contribution in [0.15, 0.2) is 30.3 Å². The van der Waals surface area contributed by atoms with Crippen LogP contribution < -0.4 is 4.52 Å². The molecular weight excluding hydrogens is 270 g/mol. The predicted octanol–water partition coefficient (Wildman–Crippen LogP) is 3.44. The summed E-state index contributed by atoms with van der Waals surface area (Å²) in [5.41, 5.74) is 0. The SMILES string of the molecule is CCCCCP(=O)(O)Oc1ccccc1.[Co]. The molecule has 1 rings (SSSR count). The van der Waals surface area contributed by atoms with Gasteiger partial charge in [0.25, 0.3) is 0 Å². The van der Waals surface area contributed by atoms with Gasteiger partial charge in [-0.25, -0.2) is 4.57 Å². The molecule has 0 heterocycles. The van der Waals surface area contributed by atoms with E-state index in [1.165, 1.54) is 0 Å². The van der Waals surface area contributed by atoms with Gasteiger partial charge in [-0.3, -0.25) is 0 Å². The van der Waals surface area contributed by atoms with Gasteiger partial charge in [0, 0.05) is 16.8 Å². The number of hydrogen-bond acceptors (Lipinski definition) is 2. The molecule has 0 aliphatic heterocycles. The standard InChI is InChI=1S/C11H17O3P.Co/c1-2-3-7-10-15(12,13)14-11-8-5-4-6-9-11;/h4-6,8-9H,2-3,7,10H2,1H3,(H,12,13);. The Balaban J connectivity index is 0.00000225. The molecule has 5 heteroatoms. The van der Waals surface area contributed by atoms with E-state index in [2.05, 4.69) is 6.92 Å². The summed E-state index contributed by atoms with van der Waals surface area (Å²) >= 11 is 0. The van der Waals surface area contributed by atoms with Crippen molar-refractivity contribution in [2.24, 2.45) is 0 Å². The Kier molecular flexibility index (Phi) is 7.76. The van der Waals surface area contributed by atoms with Crippen molar-refractivity contribution in [3.05, 3.63) is 30.3 Å². The van der Waals surface area contributed by atoms with Crippen molar-refractivity contribution in [2.75, 3.05) is 6.16 Å². The van der Waals surface area contributed by atoms with E-state index in [0.717, 1.165) is 19.3 Å². The summed E-state index contributed by atoms with van der Waals surface area (Å²) in [6.07, 6.45) is 2.96. The van der Waals surface area contributed by atoms with E-state index in [4.69, 9.17) is 4.52 Å². The van der Waals surface area contributed by atoms with E-state index in [1.807, 2.05) is 6.07 Å². The van der Waals surface area contributed by atoms with Gasteiger partial charge in [-0.15, -0.1) is 0 Å². The third kappa shape index (κ3) is 6.33. The van der Waals surface area contributed by atoms with Crippen LogP contribution in [0.3, 0.4) is 0 Å². The third-order valence-electron chi connectivity index (χ3n) is 2.04. The van der Waals surface area contributed by atoms with E-state index in [1.54, 1.807) is 24.3 Å². The van der Waals surface area contributed by atoms with Crippen LogP contribution in [0.4, 0.5) is 0 Å². The molecule has 0 aromatic heterocycles. The van der Waals surface area contributed by atoms with Gasteiger partial charge >= 0.3 is 7.60 Å². The van der Waals surface area contributed by atoms with Gasteiger partial charge in [-0.2, -0.15) is 0 Å². The molecule has 0 bridgehead atoms. The molecule has 0 aliphatic carbocycles. The molecule has 1 aromatic carbocycles. The summed E-state index contributed by atoms with van der Waals surface area (Å²) in [6, 6.07) is 8.76. The van der Waals surface area contributed by atoms with Crippen molar-refractivity contribution >= 4 is 7.60 Å². The van der Waals surface area contributed by atoms with E-state index in [-0.39, 0.29) is 22.9 Å². The Hall–Kier alpha value is -0.284. The molecule has 16 heavy (non-hydrogen) atoms. The fourth-order valence-corrected chi connectivity index (χ4v) is 2.42.